The molecule has 0 saturated heterocycles. The first kappa shape index (κ1) is 10.8. The van der Waals surface area contributed by atoms with Crippen molar-refractivity contribution >= 4 is 0 Å². The van der Waals surface area contributed by atoms with Gasteiger partial charge in [-0.25, -0.2) is 0 Å². The van der Waals surface area contributed by atoms with Gasteiger partial charge in [-0.15, -0.1) is 0 Å². The molecule has 0 aliphatic rings. The zero-order valence-corrected chi connectivity index (χ0v) is 9.72. The average molecular weight is 212 g/mol. The Labute approximate surface area is 96.6 Å². The van der Waals surface area contributed by atoms with Crippen LogP contribution < -0.4 is 0 Å². The van der Waals surface area contributed by atoms with Crippen molar-refractivity contribution in [2.45, 2.75) is 6.54 Å². The zero-order chi connectivity index (χ0) is 11.4. The third kappa shape index (κ3) is 2.67. The van der Waals surface area contributed by atoms with Crippen molar-refractivity contribution in [2.75, 3.05) is 14.1 Å². The molecule has 0 aliphatic heterocycles. The lowest BCUT2D eigenvalue weighted by molar-refractivity contribution is 0.402. The Balaban J connectivity index is 2.20. The molecule has 0 N–H and O–H groups in total. The average Bonchev–Trinajstić information content (AvgIpc) is 2.30. The lowest BCUT2D eigenvalue weighted by Crippen LogP contribution is -2.10. The maximum Gasteiger partial charge on any atom is 0.0346 e. The van der Waals surface area contributed by atoms with Crippen LogP contribution in [0, 0.1) is 0 Å². The number of rotatable bonds is 3. The molecule has 0 unspecified atom stereocenters. The number of aromatic nitrogens is 1. The molecule has 2 heteroatoms. The second-order valence-corrected chi connectivity index (χ2v) is 4.18. The number of nitrogens with zero attached hydrogens (tertiary/aromatic N) is 2. The van der Waals surface area contributed by atoms with E-state index in [1.165, 1.54) is 16.7 Å². The van der Waals surface area contributed by atoms with Crippen LogP contribution in [-0.2, 0) is 6.54 Å². The van der Waals surface area contributed by atoms with Crippen molar-refractivity contribution in [1.29, 1.82) is 0 Å². The van der Waals surface area contributed by atoms with Crippen molar-refractivity contribution in [2.24, 2.45) is 0 Å². The largest absolute Gasteiger partial charge is 0.305 e. The van der Waals surface area contributed by atoms with Gasteiger partial charge in [-0.05, 0) is 36.9 Å². The minimum atomic E-state index is 0.979. The predicted octanol–water partition coefficient (Wildman–Crippen LogP) is 2.81. The van der Waals surface area contributed by atoms with E-state index in [9.17, 15) is 0 Å². The predicted molar refractivity (Wildman–Crippen MR) is 67.1 cm³/mol. The van der Waals surface area contributed by atoms with Gasteiger partial charge in [-0.1, -0.05) is 30.3 Å². The van der Waals surface area contributed by atoms with Gasteiger partial charge in [0.15, 0.2) is 0 Å². The van der Waals surface area contributed by atoms with E-state index in [2.05, 4.69) is 54.3 Å². The van der Waals surface area contributed by atoms with E-state index in [-0.39, 0.29) is 0 Å². The van der Waals surface area contributed by atoms with Gasteiger partial charge < -0.3 is 4.90 Å². The zero-order valence-electron chi connectivity index (χ0n) is 9.72. The van der Waals surface area contributed by atoms with E-state index in [0.717, 1.165) is 6.54 Å². The Morgan fingerprint density at radius 1 is 1.00 bits per heavy atom. The normalized spacial score (nSPS) is 10.7. The number of hydrogen-bond donors (Lipinski definition) is 0. The molecule has 2 rings (SSSR count). The summed E-state index contributed by atoms with van der Waals surface area (Å²) < 4.78 is 0. The molecule has 0 aliphatic carbocycles. The van der Waals surface area contributed by atoms with Crippen molar-refractivity contribution in [3.05, 3.63) is 54.4 Å². The first-order valence-corrected chi connectivity index (χ1v) is 5.40. The van der Waals surface area contributed by atoms with Gasteiger partial charge in [0.25, 0.3) is 0 Å². The summed E-state index contributed by atoms with van der Waals surface area (Å²) in [7, 11) is 4.16. The molecular formula is C14H16N2. The Kier molecular flexibility index (Phi) is 3.32. The highest BCUT2D eigenvalue weighted by atomic mass is 15.0. The molecule has 82 valence electrons. The summed E-state index contributed by atoms with van der Waals surface area (Å²) in [6, 6.07) is 12.7. The van der Waals surface area contributed by atoms with Crippen LogP contribution in [0.25, 0.3) is 11.1 Å². The lowest BCUT2D eigenvalue weighted by atomic mass is 10.1. The van der Waals surface area contributed by atoms with Gasteiger partial charge in [-0.3, -0.25) is 4.98 Å². The quantitative estimate of drug-likeness (QED) is 0.777. The Morgan fingerprint density at radius 3 is 2.31 bits per heavy atom. The summed E-state index contributed by atoms with van der Waals surface area (Å²) in [5.41, 5.74) is 3.71. The maximum atomic E-state index is 4.12. The summed E-state index contributed by atoms with van der Waals surface area (Å²) in [5, 5.41) is 0. The molecule has 1 heterocycles. The Hall–Kier alpha value is -1.67. The minimum absolute atomic E-state index is 0.979. The first-order valence-electron chi connectivity index (χ1n) is 5.40. The van der Waals surface area contributed by atoms with Crippen molar-refractivity contribution < 1.29 is 0 Å². The summed E-state index contributed by atoms with van der Waals surface area (Å²) in [4.78, 5) is 6.29. The van der Waals surface area contributed by atoms with Crippen molar-refractivity contribution in [1.82, 2.24) is 9.88 Å². The summed E-state index contributed by atoms with van der Waals surface area (Å²) in [6.07, 6.45) is 3.69. The topological polar surface area (TPSA) is 16.1 Å². The molecule has 2 nitrogen and oxygen atoms in total. The van der Waals surface area contributed by atoms with Gasteiger partial charge in [0.1, 0.15) is 0 Å². The monoisotopic (exact) mass is 212 g/mol. The fraction of sp³-hybridized carbons (Fsp3) is 0.214. The van der Waals surface area contributed by atoms with Crippen molar-refractivity contribution in [3.8, 4) is 11.1 Å². The highest BCUT2D eigenvalue weighted by Crippen LogP contribution is 2.18. The molecule has 0 atom stereocenters. The molecule has 16 heavy (non-hydrogen) atoms. The van der Waals surface area contributed by atoms with E-state index < -0.39 is 0 Å². The van der Waals surface area contributed by atoms with Crippen LogP contribution in [0.15, 0.2) is 48.8 Å². The minimum Gasteiger partial charge on any atom is -0.305 e. The van der Waals surface area contributed by atoms with E-state index >= 15 is 0 Å². The van der Waals surface area contributed by atoms with E-state index in [4.69, 9.17) is 0 Å². The Bertz CT molecular complexity index is 432. The molecule has 0 fully saturated rings. The van der Waals surface area contributed by atoms with Crippen LogP contribution in [0.5, 0.6) is 0 Å². The van der Waals surface area contributed by atoms with E-state index in [1.807, 2.05) is 12.3 Å². The van der Waals surface area contributed by atoms with Gasteiger partial charge >= 0.3 is 0 Å². The Morgan fingerprint density at radius 2 is 1.75 bits per heavy atom. The van der Waals surface area contributed by atoms with Gasteiger partial charge in [0, 0.05) is 18.9 Å². The fourth-order valence-electron chi connectivity index (χ4n) is 1.70. The molecule has 0 amide bonds. The highest BCUT2D eigenvalue weighted by molar-refractivity contribution is 5.62. The van der Waals surface area contributed by atoms with Crippen LogP contribution in [0.3, 0.4) is 0 Å². The molecule has 1 aromatic heterocycles. The molecule has 0 bridgehead atoms. The third-order valence-corrected chi connectivity index (χ3v) is 2.45. The molecule has 0 saturated carbocycles. The maximum absolute atomic E-state index is 4.12. The molecular weight excluding hydrogens is 196 g/mol. The van der Waals surface area contributed by atoms with Gasteiger partial charge in [-0.2, -0.15) is 0 Å². The van der Waals surface area contributed by atoms with E-state index in [1.54, 1.807) is 6.20 Å². The lowest BCUT2D eigenvalue weighted by Gasteiger charge is -2.10. The van der Waals surface area contributed by atoms with Crippen LogP contribution in [0.4, 0.5) is 0 Å². The summed E-state index contributed by atoms with van der Waals surface area (Å²) >= 11 is 0. The second kappa shape index (κ2) is 4.90. The fourth-order valence-corrected chi connectivity index (χ4v) is 1.70. The highest BCUT2D eigenvalue weighted by Gasteiger charge is 1.98. The summed E-state index contributed by atoms with van der Waals surface area (Å²) in [6.45, 7) is 0.979. The number of hydrogen-bond acceptors (Lipinski definition) is 2. The second-order valence-electron chi connectivity index (χ2n) is 4.18. The number of benzene rings is 1. The summed E-state index contributed by atoms with van der Waals surface area (Å²) in [5.74, 6) is 0. The van der Waals surface area contributed by atoms with Crippen molar-refractivity contribution in [3.63, 3.8) is 0 Å². The molecule has 2 aromatic rings. The van der Waals surface area contributed by atoms with E-state index in [0.29, 0.717) is 0 Å². The smallest absolute Gasteiger partial charge is 0.0346 e. The van der Waals surface area contributed by atoms with Crippen LogP contribution in [-0.4, -0.2) is 24.0 Å². The molecule has 1 aromatic carbocycles. The van der Waals surface area contributed by atoms with Crippen LogP contribution >= 0.6 is 0 Å². The molecule has 0 spiro atoms. The standard InChI is InChI=1S/C14H16N2/c1-16(2)11-12-5-7-13(8-6-12)14-4-3-9-15-10-14/h3-10H,11H2,1-2H3. The number of pyridine rings is 1. The SMILES string of the molecule is CN(C)Cc1ccc(-c2cccnc2)cc1. The first-order chi connectivity index (χ1) is 7.75. The van der Waals surface area contributed by atoms with Crippen LogP contribution in [0.1, 0.15) is 5.56 Å². The van der Waals surface area contributed by atoms with Crippen LogP contribution in [0.2, 0.25) is 0 Å². The van der Waals surface area contributed by atoms with Gasteiger partial charge in [0.05, 0.1) is 0 Å². The van der Waals surface area contributed by atoms with Gasteiger partial charge in [0.2, 0.25) is 0 Å². The third-order valence-electron chi connectivity index (χ3n) is 2.45. The molecule has 0 radical (unpaired) electrons.